The molecule has 9 heteroatoms. The van der Waals surface area contributed by atoms with Gasteiger partial charge in [0.25, 0.3) is 5.91 Å². The van der Waals surface area contributed by atoms with Gasteiger partial charge in [0.05, 0.1) is 0 Å². The molecule has 1 amide bonds. The Morgan fingerprint density at radius 1 is 1.08 bits per heavy atom. The van der Waals surface area contributed by atoms with Gasteiger partial charge in [0, 0.05) is 21.8 Å². The summed E-state index contributed by atoms with van der Waals surface area (Å²) in [5.41, 5.74) is 0.257. The van der Waals surface area contributed by atoms with Gasteiger partial charge in [0.1, 0.15) is 5.75 Å². The number of nitrogens with one attached hydrogen (secondary N) is 1. The lowest BCUT2D eigenvalue weighted by Gasteiger charge is -2.08. The van der Waals surface area contributed by atoms with Crippen molar-refractivity contribution in [1.82, 2.24) is 0 Å². The average molecular weight is 376 g/mol. The fourth-order valence-electron chi connectivity index (χ4n) is 1.98. The van der Waals surface area contributed by atoms with Crippen LogP contribution in [0.15, 0.2) is 36.4 Å². The second kappa shape index (κ2) is 6.33. The first-order valence-corrected chi connectivity index (χ1v) is 7.35. The van der Waals surface area contributed by atoms with Crippen molar-refractivity contribution in [1.29, 1.82) is 0 Å². The van der Waals surface area contributed by atoms with Gasteiger partial charge in [-0.1, -0.05) is 23.2 Å². The normalized spacial score (nSPS) is 14.3. The van der Waals surface area contributed by atoms with Crippen LogP contribution in [0.1, 0.15) is 0 Å². The van der Waals surface area contributed by atoms with Crippen LogP contribution in [-0.4, -0.2) is 18.8 Å². The Morgan fingerprint density at radius 3 is 2.46 bits per heavy atom. The molecular formula is C15H9Cl2F2NO4. The highest BCUT2D eigenvalue weighted by atomic mass is 35.5. The van der Waals surface area contributed by atoms with E-state index in [-0.39, 0.29) is 23.8 Å². The molecule has 2 aromatic rings. The van der Waals surface area contributed by atoms with E-state index < -0.39 is 12.2 Å². The number of ether oxygens (including phenoxy) is 3. The first kappa shape index (κ1) is 16.6. The van der Waals surface area contributed by atoms with Crippen molar-refractivity contribution in [3.8, 4) is 17.2 Å². The fraction of sp³-hybridized carbons (Fsp3) is 0.133. The molecule has 1 aliphatic rings. The van der Waals surface area contributed by atoms with Gasteiger partial charge in [-0.3, -0.25) is 4.79 Å². The minimum Gasteiger partial charge on any atom is -0.484 e. The van der Waals surface area contributed by atoms with E-state index in [4.69, 9.17) is 27.9 Å². The summed E-state index contributed by atoms with van der Waals surface area (Å²) in [4.78, 5) is 11.9. The van der Waals surface area contributed by atoms with Gasteiger partial charge in [-0.05, 0) is 30.3 Å². The highest BCUT2D eigenvalue weighted by Crippen LogP contribution is 2.42. The third kappa shape index (κ3) is 3.98. The van der Waals surface area contributed by atoms with Crippen molar-refractivity contribution in [3.05, 3.63) is 46.4 Å². The first-order chi connectivity index (χ1) is 11.3. The van der Waals surface area contributed by atoms with Crippen LogP contribution in [0.4, 0.5) is 14.5 Å². The maximum absolute atomic E-state index is 12.9. The molecule has 0 aromatic heterocycles. The first-order valence-electron chi connectivity index (χ1n) is 6.59. The van der Waals surface area contributed by atoms with Crippen LogP contribution >= 0.6 is 23.2 Å². The molecule has 0 radical (unpaired) electrons. The van der Waals surface area contributed by atoms with Gasteiger partial charge >= 0.3 is 6.29 Å². The molecule has 0 bridgehead atoms. The number of hydrogen-bond acceptors (Lipinski definition) is 4. The molecule has 1 aliphatic heterocycles. The van der Waals surface area contributed by atoms with E-state index in [1.807, 2.05) is 0 Å². The van der Waals surface area contributed by atoms with Crippen molar-refractivity contribution in [2.24, 2.45) is 0 Å². The van der Waals surface area contributed by atoms with Gasteiger partial charge in [0.15, 0.2) is 18.1 Å². The Hall–Kier alpha value is -2.25. The SMILES string of the molecule is O=C(COc1cc(Cl)cc(Cl)c1)Nc1ccc2c(c1)OC(F)(F)O2. The second-order valence-electron chi connectivity index (χ2n) is 4.77. The molecule has 5 nitrogen and oxygen atoms in total. The predicted molar refractivity (Wildman–Crippen MR) is 83.2 cm³/mol. The largest absolute Gasteiger partial charge is 0.586 e. The molecule has 1 N–H and O–H groups in total. The Labute approximate surface area is 145 Å². The number of anilines is 1. The van der Waals surface area contributed by atoms with Gasteiger partial charge < -0.3 is 19.5 Å². The number of fused-ring (bicyclic) bond motifs is 1. The lowest BCUT2D eigenvalue weighted by Crippen LogP contribution is -2.25. The lowest BCUT2D eigenvalue weighted by atomic mass is 10.3. The molecule has 0 fully saturated rings. The van der Waals surface area contributed by atoms with Crippen LogP contribution in [0.2, 0.25) is 10.0 Å². The van der Waals surface area contributed by atoms with Crippen LogP contribution in [0.25, 0.3) is 0 Å². The van der Waals surface area contributed by atoms with E-state index in [0.29, 0.717) is 15.8 Å². The molecule has 3 rings (SSSR count). The maximum Gasteiger partial charge on any atom is 0.586 e. The summed E-state index contributed by atoms with van der Waals surface area (Å²) in [6.07, 6.45) is -3.71. The van der Waals surface area contributed by atoms with E-state index in [9.17, 15) is 13.6 Å². The van der Waals surface area contributed by atoms with Gasteiger partial charge in [-0.2, -0.15) is 0 Å². The molecule has 0 aliphatic carbocycles. The number of carbonyl (C=O) groups excluding carboxylic acids is 1. The third-order valence-electron chi connectivity index (χ3n) is 2.89. The molecule has 0 saturated carbocycles. The fourth-order valence-corrected chi connectivity index (χ4v) is 2.49. The Kier molecular flexibility index (Phi) is 4.38. The van der Waals surface area contributed by atoms with Gasteiger partial charge in [-0.25, -0.2) is 0 Å². The van der Waals surface area contributed by atoms with E-state index in [1.165, 1.54) is 36.4 Å². The molecular weight excluding hydrogens is 367 g/mol. The molecule has 126 valence electrons. The van der Waals surface area contributed by atoms with Crippen LogP contribution in [-0.2, 0) is 4.79 Å². The third-order valence-corrected chi connectivity index (χ3v) is 3.33. The molecule has 0 unspecified atom stereocenters. The maximum atomic E-state index is 12.9. The summed E-state index contributed by atoms with van der Waals surface area (Å²) in [6, 6.07) is 8.43. The van der Waals surface area contributed by atoms with Crippen LogP contribution in [0.3, 0.4) is 0 Å². The number of halogens is 4. The molecule has 24 heavy (non-hydrogen) atoms. The number of carbonyl (C=O) groups is 1. The predicted octanol–water partition coefficient (Wildman–Crippen LogP) is 4.33. The lowest BCUT2D eigenvalue weighted by molar-refractivity contribution is -0.286. The second-order valence-corrected chi connectivity index (χ2v) is 5.64. The number of hydrogen-bond donors (Lipinski definition) is 1. The topological polar surface area (TPSA) is 56.8 Å². The zero-order valence-electron chi connectivity index (χ0n) is 11.8. The smallest absolute Gasteiger partial charge is 0.484 e. The molecule has 1 heterocycles. The molecule has 0 saturated heterocycles. The Morgan fingerprint density at radius 2 is 1.75 bits per heavy atom. The van der Waals surface area contributed by atoms with E-state index in [0.717, 1.165) is 0 Å². The summed E-state index contributed by atoms with van der Waals surface area (Å²) in [5.74, 6) is -0.451. The van der Waals surface area contributed by atoms with Crippen LogP contribution < -0.4 is 19.5 Å². The summed E-state index contributed by atoms with van der Waals surface area (Å²) >= 11 is 11.6. The minimum atomic E-state index is -3.71. The molecule has 0 spiro atoms. The monoisotopic (exact) mass is 375 g/mol. The summed E-state index contributed by atoms with van der Waals surface area (Å²) < 4.78 is 39.7. The highest BCUT2D eigenvalue weighted by molar-refractivity contribution is 6.34. The van der Waals surface area contributed by atoms with Gasteiger partial charge in [-0.15, -0.1) is 8.78 Å². The average Bonchev–Trinajstić information content (AvgIpc) is 2.77. The number of rotatable bonds is 4. The number of benzene rings is 2. The van der Waals surface area contributed by atoms with Crippen molar-refractivity contribution in [2.75, 3.05) is 11.9 Å². The van der Waals surface area contributed by atoms with Crippen LogP contribution in [0, 0.1) is 0 Å². The molecule has 0 atom stereocenters. The quantitative estimate of drug-likeness (QED) is 0.863. The van der Waals surface area contributed by atoms with E-state index in [1.54, 1.807) is 0 Å². The van der Waals surface area contributed by atoms with E-state index >= 15 is 0 Å². The zero-order chi connectivity index (χ0) is 17.3. The minimum absolute atomic E-state index is 0.109. The zero-order valence-corrected chi connectivity index (χ0v) is 13.3. The summed E-state index contributed by atoms with van der Waals surface area (Å²) in [5, 5.41) is 3.23. The summed E-state index contributed by atoms with van der Waals surface area (Å²) in [6.45, 7) is -0.318. The van der Waals surface area contributed by atoms with Crippen molar-refractivity contribution in [3.63, 3.8) is 0 Å². The van der Waals surface area contributed by atoms with Gasteiger partial charge in [0.2, 0.25) is 0 Å². The van der Waals surface area contributed by atoms with Crippen LogP contribution in [0.5, 0.6) is 17.2 Å². The van der Waals surface area contributed by atoms with E-state index in [2.05, 4.69) is 14.8 Å². The van der Waals surface area contributed by atoms with Crippen molar-refractivity contribution >= 4 is 34.8 Å². The van der Waals surface area contributed by atoms with Crippen molar-refractivity contribution < 1.29 is 27.8 Å². The molecule has 2 aromatic carbocycles. The highest BCUT2D eigenvalue weighted by Gasteiger charge is 2.43. The number of alkyl halides is 2. The standard InChI is InChI=1S/C15H9Cl2F2NO4/c16-8-3-9(17)5-11(4-8)22-7-14(21)20-10-1-2-12-13(6-10)24-15(18,19)23-12/h1-6H,7H2,(H,20,21). The number of amides is 1. The Balaban J connectivity index is 1.60. The van der Waals surface area contributed by atoms with Crippen molar-refractivity contribution in [2.45, 2.75) is 6.29 Å². The summed E-state index contributed by atoms with van der Waals surface area (Å²) in [7, 11) is 0. The Bertz CT molecular complexity index is 781.